The highest BCUT2D eigenvalue weighted by molar-refractivity contribution is 5.77. The molecule has 0 N–H and O–H groups in total. The molecule has 1 amide bonds. The van der Waals surface area contributed by atoms with Crippen LogP contribution in [-0.2, 0) is 14.3 Å². The highest BCUT2D eigenvalue weighted by Gasteiger charge is 2.18. The number of nitrogens with zero attached hydrogens (tertiary/aromatic N) is 1. The van der Waals surface area contributed by atoms with Crippen LogP contribution in [0, 0.1) is 0 Å². The second kappa shape index (κ2) is 9.82. The van der Waals surface area contributed by atoms with Crippen molar-refractivity contribution in [3.63, 3.8) is 0 Å². The molecular weight excluding hydrogens is 282 g/mol. The van der Waals surface area contributed by atoms with Gasteiger partial charge >= 0.3 is 5.97 Å². The Bertz CT molecular complexity index is 459. The molecule has 122 valence electrons. The zero-order valence-electron chi connectivity index (χ0n) is 13.6. The number of esters is 1. The summed E-state index contributed by atoms with van der Waals surface area (Å²) in [6, 6.07) is 9.43. The van der Waals surface area contributed by atoms with E-state index >= 15 is 0 Å². The van der Waals surface area contributed by atoms with Crippen molar-refractivity contribution in [3.8, 4) is 5.75 Å². The van der Waals surface area contributed by atoms with E-state index < -0.39 is 0 Å². The van der Waals surface area contributed by atoms with Gasteiger partial charge in [0.05, 0.1) is 26.1 Å². The fourth-order valence-corrected chi connectivity index (χ4v) is 2.03. The molecule has 1 aromatic rings. The number of ether oxygens (including phenoxy) is 2. The molecular formula is C17H25NO4. The van der Waals surface area contributed by atoms with Gasteiger partial charge in [-0.05, 0) is 32.9 Å². The predicted molar refractivity (Wildman–Crippen MR) is 84.7 cm³/mol. The quantitative estimate of drug-likeness (QED) is 0.658. The molecule has 0 saturated heterocycles. The number of para-hydroxylation sites is 1. The number of amides is 1. The van der Waals surface area contributed by atoms with E-state index in [4.69, 9.17) is 9.47 Å². The molecule has 0 heterocycles. The average molecular weight is 307 g/mol. The van der Waals surface area contributed by atoms with Crippen molar-refractivity contribution in [1.82, 2.24) is 4.90 Å². The van der Waals surface area contributed by atoms with Gasteiger partial charge in [0.15, 0.2) is 0 Å². The van der Waals surface area contributed by atoms with Crippen LogP contribution in [0.15, 0.2) is 30.3 Å². The molecule has 0 bridgehead atoms. The number of carbonyl (C=O) groups is 2. The van der Waals surface area contributed by atoms with Crippen molar-refractivity contribution in [2.45, 2.75) is 39.7 Å². The normalized spacial score (nSPS) is 10.4. The first-order valence-corrected chi connectivity index (χ1v) is 7.67. The number of benzene rings is 1. The Labute approximate surface area is 132 Å². The molecule has 0 radical (unpaired) electrons. The molecule has 0 aliphatic rings. The summed E-state index contributed by atoms with van der Waals surface area (Å²) in [5, 5.41) is 0. The van der Waals surface area contributed by atoms with Crippen molar-refractivity contribution in [1.29, 1.82) is 0 Å². The Balaban J connectivity index is 2.39. The minimum Gasteiger partial charge on any atom is -0.493 e. The van der Waals surface area contributed by atoms with Gasteiger partial charge in [-0.2, -0.15) is 0 Å². The second-order valence-electron chi connectivity index (χ2n) is 5.15. The SMILES string of the molecule is CCOC(=O)CCN(C(=O)CCOc1ccccc1)C(C)C. The van der Waals surface area contributed by atoms with Gasteiger partial charge < -0.3 is 14.4 Å². The van der Waals surface area contributed by atoms with Gasteiger partial charge in [-0.1, -0.05) is 18.2 Å². The zero-order chi connectivity index (χ0) is 16.4. The molecule has 0 atom stereocenters. The third-order valence-corrected chi connectivity index (χ3v) is 3.13. The Morgan fingerprint density at radius 3 is 2.41 bits per heavy atom. The van der Waals surface area contributed by atoms with Crippen molar-refractivity contribution in [3.05, 3.63) is 30.3 Å². The van der Waals surface area contributed by atoms with Gasteiger partial charge in [0.2, 0.25) is 5.91 Å². The van der Waals surface area contributed by atoms with E-state index in [0.717, 1.165) is 5.75 Å². The Kier molecular flexibility index (Phi) is 8.04. The molecule has 1 rings (SSSR count). The van der Waals surface area contributed by atoms with Gasteiger partial charge in [0.25, 0.3) is 0 Å². The van der Waals surface area contributed by atoms with Gasteiger partial charge in [-0.25, -0.2) is 0 Å². The van der Waals surface area contributed by atoms with Gasteiger partial charge in [-0.15, -0.1) is 0 Å². The first-order chi connectivity index (χ1) is 10.5. The fraction of sp³-hybridized carbons (Fsp3) is 0.529. The second-order valence-corrected chi connectivity index (χ2v) is 5.15. The summed E-state index contributed by atoms with van der Waals surface area (Å²) in [7, 11) is 0. The van der Waals surface area contributed by atoms with Crippen molar-refractivity contribution in [2.75, 3.05) is 19.8 Å². The van der Waals surface area contributed by atoms with Crippen LogP contribution < -0.4 is 4.74 Å². The maximum atomic E-state index is 12.2. The lowest BCUT2D eigenvalue weighted by Gasteiger charge is -2.26. The van der Waals surface area contributed by atoms with E-state index in [1.807, 2.05) is 44.2 Å². The van der Waals surface area contributed by atoms with Crippen LogP contribution in [0.4, 0.5) is 0 Å². The maximum absolute atomic E-state index is 12.2. The average Bonchev–Trinajstić information content (AvgIpc) is 2.48. The third kappa shape index (κ3) is 6.61. The minimum absolute atomic E-state index is 0.0183. The minimum atomic E-state index is -0.276. The zero-order valence-corrected chi connectivity index (χ0v) is 13.6. The van der Waals surface area contributed by atoms with E-state index in [9.17, 15) is 9.59 Å². The number of hydrogen-bond acceptors (Lipinski definition) is 4. The van der Waals surface area contributed by atoms with Crippen LogP contribution in [0.2, 0.25) is 0 Å². The van der Waals surface area contributed by atoms with Crippen LogP contribution in [0.5, 0.6) is 5.75 Å². The van der Waals surface area contributed by atoms with E-state index in [-0.39, 0.29) is 30.8 Å². The summed E-state index contributed by atoms with van der Waals surface area (Å²) in [6.07, 6.45) is 0.507. The van der Waals surface area contributed by atoms with Crippen molar-refractivity contribution < 1.29 is 19.1 Å². The number of hydrogen-bond donors (Lipinski definition) is 0. The van der Waals surface area contributed by atoms with Crippen molar-refractivity contribution in [2.24, 2.45) is 0 Å². The topological polar surface area (TPSA) is 55.8 Å². The van der Waals surface area contributed by atoms with E-state index in [2.05, 4.69) is 0 Å². The smallest absolute Gasteiger partial charge is 0.307 e. The lowest BCUT2D eigenvalue weighted by Crippen LogP contribution is -2.39. The number of carbonyl (C=O) groups excluding carboxylic acids is 2. The van der Waals surface area contributed by atoms with Crippen molar-refractivity contribution >= 4 is 11.9 Å². The first-order valence-electron chi connectivity index (χ1n) is 7.67. The molecule has 0 aromatic heterocycles. The Hall–Kier alpha value is -2.04. The molecule has 0 aliphatic carbocycles. The molecule has 0 aliphatic heterocycles. The summed E-state index contributed by atoms with van der Waals surface area (Å²) in [5.41, 5.74) is 0. The monoisotopic (exact) mass is 307 g/mol. The summed E-state index contributed by atoms with van der Waals surface area (Å²) >= 11 is 0. The predicted octanol–water partition coefficient (Wildman–Crippen LogP) is 2.65. The first kappa shape index (κ1) is 18.0. The van der Waals surface area contributed by atoms with Crippen LogP contribution >= 0.6 is 0 Å². The van der Waals surface area contributed by atoms with Gasteiger partial charge in [0, 0.05) is 12.6 Å². The van der Waals surface area contributed by atoms with Gasteiger partial charge in [0.1, 0.15) is 5.75 Å². The lowest BCUT2D eigenvalue weighted by atomic mass is 10.2. The number of rotatable bonds is 9. The van der Waals surface area contributed by atoms with Crippen LogP contribution in [0.1, 0.15) is 33.6 Å². The van der Waals surface area contributed by atoms with E-state index in [1.165, 1.54) is 0 Å². The summed E-state index contributed by atoms with van der Waals surface area (Å²) in [5.74, 6) is 0.453. The highest BCUT2D eigenvalue weighted by Crippen LogP contribution is 2.10. The Morgan fingerprint density at radius 2 is 1.82 bits per heavy atom. The van der Waals surface area contributed by atoms with E-state index in [1.54, 1.807) is 11.8 Å². The third-order valence-electron chi connectivity index (χ3n) is 3.13. The molecule has 5 heteroatoms. The molecule has 0 unspecified atom stereocenters. The molecule has 0 saturated carbocycles. The molecule has 0 fully saturated rings. The summed E-state index contributed by atoms with van der Waals surface area (Å²) in [6.45, 7) is 6.69. The highest BCUT2D eigenvalue weighted by atomic mass is 16.5. The van der Waals surface area contributed by atoms with Crippen LogP contribution in [0.25, 0.3) is 0 Å². The molecule has 1 aromatic carbocycles. The molecule has 0 spiro atoms. The maximum Gasteiger partial charge on any atom is 0.307 e. The van der Waals surface area contributed by atoms with E-state index in [0.29, 0.717) is 19.8 Å². The van der Waals surface area contributed by atoms with Crippen LogP contribution in [-0.4, -0.2) is 42.6 Å². The van der Waals surface area contributed by atoms with Crippen LogP contribution in [0.3, 0.4) is 0 Å². The summed E-state index contributed by atoms with van der Waals surface area (Å²) < 4.78 is 10.4. The summed E-state index contributed by atoms with van der Waals surface area (Å²) in [4.78, 5) is 25.3. The molecule has 22 heavy (non-hydrogen) atoms. The molecule has 5 nitrogen and oxygen atoms in total. The van der Waals surface area contributed by atoms with Gasteiger partial charge in [-0.3, -0.25) is 9.59 Å². The largest absolute Gasteiger partial charge is 0.493 e. The fourth-order valence-electron chi connectivity index (χ4n) is 2.03. The Morgan fingerprint density at radius 1 is 1.14 bits per heavy atom. The standard InChI is InChI=1S/C17H25NO4/c1-4-21-17(20)10-12-18(14(2)3)16(19)11-13-22-15-8-6-5-7-9-15/h5-9,14H,4,10-13H2,1-3H3. The lowest BCUT2D eigenvalue weighted by molar-refractivity contribution is -0.144.